The first-order chi connectivity index (χ1) is 7.68. The number of aromatic carboxylic acids is 1. The van der Waals surface area contributed by atoms with Crippen LogP contribution in [0.2, 0.25) is 5.28 Å². The number of hydrogen-bond acceptors (Lipinski definition) is 3. The highest BCUT2D eigenvalue weighted by atomic mass is 35.5. The van der Waals surface area contributed by atoms with Crippen molar-refractivity contribution in [2.75, 3.05) is 0 Å². The molecule has 0 amide bonds. The number of carboxylic acid groups (broad SMARTS) is 1. The molecule has 5 heteroatoms. The summed E-state index contributed by atoms with van der Waals surface area (Å²) in [7, 11) is 0. The summed E-state index contributed by atoms with van der Waals surface area (Å²) >= 11 is 5.66. The van der Waals surface area contributed by atoms with Gasteiger partial charge in [-0.3, -0.25) is 0 Å². The molecular weight excluding hydrogens is 228 g/mol. The van der Waals surface area contributed by atoms with E-state index in [2.05, 4.69) is 9.97 Å². The molecule has 0 spiro atoms. The van der Waals surface area contributed by atoms with Crippen LogP contribution >= 0.6 is 11.6 Å². The Kier molecular flexibility index (Phi) is 2.83. The largest absolute Gasteiger partial charge is 0.478 e. The molecule has 0 aliphatic heterocycles. The van der Waals surface area contributed by atoms with Crippen LogP contribution in [-0.2, 0) is 0 Å². The number of hydrogen-bond donors (Lipinski definition) is 1. The fraction of sp³-hybridized carbons (Fsp3) is 0. The third-order valence-electron chi connectivity index (χ3n) is 2.06. The highest BCUT2D eigenvalue weighted by Crippen LogP contribution is 2.22. The average Bonchev–Trinajstić information content (AvgIpc) is 2.29. The monoisotopic (exact) mass is 234 g/mol. The first kappa shape index (κ1) is 10.6. The van der Waals surface area contributed by atoms with E-state index in [0.29, 0.717) is 11.3 Å². The van der Waals surface area contributed by atoms with E-state index in [9.17, 15) is 4.79 Å². The Bertz CT molecular complexity index is 543. The summed E-state index contributed by atoms with van der Waals surface area (Å²) in [5, 5.41) is 9.11. The third-order valence-corrected chi connectivity index (χ3v) is 2.24. The second-order valence-electron chi connectivity index (χ2n) is 3.06. The summed E-state index contributed by atoms with van der Waals surface area (Å²) in [4.78, 5) is 18.7. The van der Waals surface area contributed by atoms with Gasteiger partial charge in [0.1, 0.15) is 0 Å². The van der Waals surface area contributed by atoms with Crippen molar-refractivity contribution in [3.63, 3.8) is 0 Å². The topological polar surface area (TPSA) is 63.1 Å². The molecule has 1 aromatic heterocycles. The van der Waals surface area contributed by atoms with E-state index < -0.39 is 5.97 Å². The van der Waals surface area contributed by atoms with E-state index in [1.54, 1.807) is 24.3 Å². The van der Waals surface area contributed by atoms with E-state index in [-0.39, 0.29) is 10.8 Å². The van der Waals surface area contributed by atoms with Crippen molar-refractivity contribution in [2.24, 2.45) is 0 Å². The molecule has 0 unspecified atom stereocenters. The lowest BCUT2D eigenvalue weighted by molar-refractivity contribution is 0.0697. The van der Waals surface area contributed by atoms with Crippen molar-refractivity contribution in [3.8, 4) is 11.3 Å². The van der Waals surface area contributed by atoms with Crippen molar-refractivity contribution in [1.82, 2.24) is 9.97 Å². The predicted molar refractivity (Wildman–Crippen MR) is 59.4 cm³/mol. The summed E-state index contributed by atoms with van der Waals surface area (Å²) in [5.74, 6) is -0.995. The maximum Gasteiger partial charge on any atom is 0.336 e. The number of halogens is 1. The van der Waals surface area contributed by atoms with Crippen LogP contribution in [0.4, 0.5) is 0 Å². The average molecular weight is 235 g/mol. The highest BCUT2D eigenvalue weighted by molar-refractivity contribution is 6.28. The number of benzene rings is 1. The quantitative estimate of drug-likeness (QED) is 0.811. The maximum atomic E-state index is 11.0. The first-order valence-corrected chi connectivity index (χ1v) is 4.87. The predicted octanol–water partition coefficient (Wildman–Crippen LogP) is 2.50. The van der Waals surface area contributed by atoms with Crippen LogP contribution in [0.3, 0.4) is 0 Å². The normalized spacial score (nSPS) is 10.1. The van der Waals surface area contributed by atoms with E-state index in [0.717, 1.165) is 0 Å². The van der Waals surface area contributed by atoms with Crippen molar-refractivity contribution in [1.29, 1.82) is 0 Å². The molecule has 0 aliphatic rings. The second kappa shape index (κ2) is 4.28. The smallest absolute Gasteiger partial charge is 0.336 e. The van der Waals surface area contributed by atoms with Gasteiger partial charge in [0.15, 0.2) is 0 Å². The molecule has 0 radical (unpaired) electrons. The van der Waals surface area contributed by atoms with Gasteiger partial charge in [-0.25, -0.2) is 14.8 Å². The molecule has 80 valence electrons. The van der Waals surface area contributed by atoms with Crippen LogP contribution in [0.25, 0.3) is 11.3 Å². The Morgan fingerprint density at radius 1 is 1.25 bits per heavy atom. The molecule has 2 rings (SSSR count). The summed E-state index contributed by atoms with van der Waals surface area (Å²) in [6, 6.07) is 8.23. The number of aromatic nitrogens is 2. The molecule has 16 heavy (non-hydrogen) atoms. The molecule has 4 nitrogen and oxygen atoms in total. The Morgan fingerprint density at radius 2 is 2.00 bits per heavy atom. The van der Waals surface area contributed by atoms with Gasteiger partial charge in [0, 0.05) is 11.8 Å². The maximum absolute atomic E-state index is 11.0. The van der Waals surface area contributed by atoms with Crippen molar-refractivity contribution < 1.29 is 9.90 Å². The van der Waals surface area contributed by atoms with Crippen LogP contribution in [0.1, 0.15) is 10.4 Å². The van der Waals surface area contributed by atoms with Gasteiger partial charge in [-0.15, -0.1) is 0 Å². The number of carbonyl (C=O) groups is 1. The van der Waals surface area contributed by atoms with E-state index >= 15 is 0 Å². The van der Waals surface area contributed by atoms with Crippen molar-refractivity contribution in [3.05, 3.63) is 47.4 Å². The molecular formula is C11H7ClN2O2. The molecule has 0 fully saturated rings. The van der Waals surface area contributed by atoms with Gasteiger partial charge in [0.2, 0.25) is 5.28 Å². The molecule has 0 atom stereocenters. The third kappa shape index (κ3) is 2.01. The SMILES string of the molecule is O=C(O)c1ccccc1-c1ccnc(Cl)n1. The Morgan fingerprint density at radius 3 is 2.69 bits per heavy atom. The fourth-order valence-electron chi connectivity index (χ4n) is 1.38. The van der Waals surface area contributed by atoms with Gasteiger partial charge >= 0.3 is 5.97 Å². The number of rotatable bonds is 2. The lowest BCUT2D eigenvalue weighted by Crippen LogP contribution is -2.00. The van der Waals surface area contributed by atoms with E-state index in [4.69, 9.17) is 16.7 Å². The van der Waals surface area contributed by atoms with Crippen molar-refractivity contribution in [2.45, 2.75) is 0 Å². The van der Waals surface area contributed by atoms with Gasteiger partial charge in [-0.05, 0) is 23.7 Å². The van der Waals surface area contributed by atoms with E-state index in [1.807, 2.05) is 0 Å². The zero-order chi connectivity index (χ0) is 11.5. The Labute approximate surface area is 96.6 Å². The first-order valence-electron chi connectivity index (χ1n) is 4.50. The lowest BCUT2D eigenvalue weighted by Gasteiger charge is -2.04. The summed E-state index contributed by atoms with van der Waals surface area (Å²) < 4.78 is 0. The molecule has 1 aromatic carbocycles. The van der Waals surface area contributed by atoms with Gasteiger partial charge in [0.05, 0.1) is 11.3 Å². The highest BCUT2D eigenvalue weighted by Gasteiger charge is 2.11. The molecule has 0 aliphatic carbocycles. The second-order valence-corrected chi connectivity index (χ2v) is 3.40. The fourth-order valence-corrected chi connectivity index (χ4v) is 1.53. The van der Waals surface area contributed by atoms with Gasteiger partial charge in [0.25, 0.3) is 0 Å². The molecule has 1 heterocycles. The molecule has 0 saturated heterocycles. The summed E-state index contributed by atoms with van der Waals surface area (Å²) in [6.45, 7) is 0. The van der Waals surface area contributed by atoms with Crippen LogP contribution in [0.15, 0.2) is 36.5 Å². The van der Waals surface area contributed by atoms with Crippen LogP contribution in [0.5, 0.6) is 0 Å². The van der Waals surface area contributed by atoms with Crippen LogP contribution in [0, 0.1) is 0 Å². The van der Waals surface area contributed by atoms with E-state index in [1.165, 1.54) is 12.3 Å². The zero-order valence-corrected chi connectivity index (χ0v) is 8.85. The Balaban J connectivity index is 2.60. The zero-order valence-electron chi connectivity index (χ0n) is 8.09. The van der Waals surface area contributed by atoms with Gasteiger partial charge < -0.3 is 5.11 Å². The Hall–Kier alpha value is -1.94. The number of nitrogens with zero attached hydrogens (tertiary/aromatic N) is 2. The minimum Gasteiger partial charge on any atom is -0.478 e. The van der Waals surface area contributed by atoms with Crippen LogP contribution in [-0.4, -0.2) is 21.0 Å². The minimum atomic E-state index is -0.995. The molecule has 0 bridgehead atoms. The summed E-state index contributed by atoms with van der Waals surface area (Å²) in [6.07, 6.45) is 1.49. The van der Waals surface area contributed by atoms with Gasteiger partial charge in [-0.2, -0.15) is 0 Å². The molecule has 0 saturated carbocycles. The number of carboxylic acids is 1. The minimum absolute atomic E-state index is 0.0951. The molecule has 2 aromatic rings. The standard InChI is InChI=1S/C11H7ClN2O2/c12-11-13-6-5-9(14-11)7-3-1-2-4-8(7)10(15)16/h1-6H,(H,15,16). The molecule has 1 N–H and O–H groups in total. The van der Waals surface area contributed by atoms with Crippen LogP contribution < -0.4 is 0 Å². The summed E-state index contributed by atoms with van der Waals surface area (Å²) in [5.41, 5.74) is 1.22. The van der Waals surface area contributed by atoms with Gasteiger partial charge in [-0.1, -0.05) is 18.2 Å². The lowest BCUT2D eigenvalue weighted by atomic mass is 10.0. The van der Waals surface area contributed by atoms with Crippen molar-refractivity contribution >= 4 is 17.6 Å².